The van der Waals surface area contributed by atoms with Crippen LogP contribution in [0.1, 0.15) is 16.7 Å². The van der Waals surface area contributed by atoms with Gasteiger partial charge in [0, 0.05) is 13.1 Å². The number of carboxylic acids is 1. The van der Waals surface area contributed by atoms with E-state index in [4.69, 9.17) is 0 Å². The Hall–Kier alpha value is -5.37. The average Bonchev–Trinajstić information content (AvgIpc) is 3.19. The van der Waals surface area contributed by atoms with E-state index in [-0.39, 0.29) is 25.7 Å². The van der Waals surface area contributed by atoms with Crippen LogP contribution >= 0.6 is 0 Å². The molecule has 0 aromatic heterocycles. The highest BCUT2D eigenvalue weighted by Gasteiger charge is 2.41. The molecule has 2 aliphatic heterocycles. The second kappa shape index (κ2) is 11.2. The number of carbonyl (C=O) groups is 3. The normalized spacial score (nSPS) is 15.8. The van der Waals surface area contributed by atoms with Crippen LogP contribution in [-0.4, -0.2) is 58.6 Å². The number of hydrogen-bond acceptors (Lipinski definition) is 3. The maximum Gasteiger partial charge on any atom is 0.330 e. The SMILES string of the molecule is Cc1ccccc1N(C(=O)N1CCN(C(=O)N2c3ccccc3C=Cc3ccccc32)[C@H](C(=O)O)C1)c1ccccc1. The van der Waals surface area contributed by atoms with Gasteiger partial charge < -0.3 is 14.9 Å². The third-order valence-corrected chi connectivity index (χ3v) is 7.73. The van der Waals surface area contributed by atoms with E-state index in [1.54, 1.807) is 9.80 Å². The van der Waals surface area contributed by atoms with Crippen LogP contribution in [0.4, 0.5) is 32.3 Å². The summed E-state index contributed by atoms with van der Waals surface area (Å²) < 4.78 is 0. The summed E-state index contributed by atoms with van der Waals surface area (Å²) in [6.07, 6.45) is 3.91. The summed E-state index contributed by atoms with van der Waals surface area (Å²) in [5.74, 6) is -1.17. The number of carbonyl (C=O) groups excluding carboxylic acids is 2. The molecule has 2 aliphatic rings. The summed E-state index contributed by atoms with van der Waals surface area (Å²) >= 11 is 0. The standard InChI is InChI=1S/C34H30N4O4/c1-24-11-5-8-16-28(24)37(27-14-3-2-4-15-27)33(41)35-21-22-36(31(23-35)32(39)40)34(42)38-29-17-9-6-12-25(29)19-20-26-13-7-10-18-30(26)38/h2-20,31H,21-23H2,1H3,(H,39,40)/t31-/m0/s1. The van der Waals surface area contributed by atoms with Crippen molar-refractivity contribution in [3.05, 3.63) is 120 Å². The van der Waals surface area contributed by atoms with Crippen LogP contribution in [0.3, 0.4) is 0 Å². The molecule has 210 valence electrons. The summed E-state index contributed by atoms with van der Waals surface area (Å²) in [6, 6.07) is 29.9. The number of hydrogen-bond donors (Lipinski definition) is 1. The van der Waals surface area contributed by atoms with E-state index >= 15 is 0 Å². The number of urea groups is 2. The first-order valence-corrected chi connectivity index (χ1v) is 13.8. The highest BCUT2D eigenvalue weighted by atomic mass is 16.4. The van der Waals surface area contributed by atoms with Gasteiger partial charge in [0.25, 0.3) is 0 Å². The van der Waals surface area contributed by atoms with Crippen LogP contribution in [0.2, 0.25) is 0 Å². The van der Waals surface area contributed by atoms with Crippen LogP contribution in [0.15, 0.2) is 103 Å². The van der Waals surface area contributed by atoms with Gasteiger partial charge in [-0.1, -0.05) is 84.9 Å². The monoisotopic (exact) mass is 558 g/mol. The van der Waals surface area contributed by atoms with E-state index in [1.807, 2.05) is 122 Å². The van der Waals surface area contributed by atoms with E-state index in [2.05, 4.69) is 0 Å². The van der Waals surface area contributed by atoms with Crippen LogP contribution in [-0.2, 0) is 4.79 Å². The van der Waals surface area contributed by atoms with Crippen LogP contribution in [0.5, 0.6) is 0 Å². The minimum Gasteiger partial charge on any atom is -0.480 e. The summed E-state index contributed by atoms with van der Waals surface area (Å²) in [5, 5.41) is 10.3. The number of amides is 4. The number of anilines is 4. The predicted octanol–water partition coefficient (Wildman–Crippen LogP) is 6.77. The Morgan fingerprint density at radius 1 is 0.738 bits per heavy atom. The van der Waals surface area contributed by atoms with Gasteiger partial charge in [-0.05, 0) is 53.9 Å². The van der Waals surface area contributed by atoms with Crippen molar-refractivity contribution in [1.29, 1.82) is 0 Å². The molecule has 1 N–H and O–H groups in total. The Kier molecular flexibility index (Phi) is 7.19. The summed E-state index contributed by atoms with van der Waals surface area (Å²) in [4.78, 5) is 47.1. The summed E-state index contributed by atoms with van der Waals surface area (Å²) in [6.45, 7) is 2.02. The van der Waals surface area contributed by atoms with Crippen molar-refractivity contribution in [1.82, 2.24) is 9.80 Å². The molecule has 8 heteroatoms. The van der Waals surface area contributed by atoms with Crippen LogP contribution in [0.25, 0.3) is 12.2 Å². The molecular formula is C34H30N4O4. The molecule has 4 aromatic carbocycles. The second-order valence-corrected chi connectivity index (χ2v) is 10.3. The number of piperazine rings is 1. The van der Waals surface area contributed by atoms with E-state index < -0.39 is 18.0 Å². The zero-order chi connectivity index (χ0) is 29.2. The average molecular weight is 559 g/mol. The Morgan fingerprint density at radius 3 is 1.93 bits per heavy atom. The first kappa shape index (κ1) is 26.8. The minimum absolute atomic E-state index is 0.0617. The third kappa shape index (κ3) is 4.88. The quantitative estimate of drug-likeness (QED) is 0.301. The molecule has 4 aromatic rings. The molecule has 6 rings (SSSR count). The molecule has 1 fully saturated rings. The Morgan fingerprint density at radius 2 is 1.31 bits per heavy atom. The van der Waals surface area contributed by atoms with Gasteiger partial charge in [-0.25, -0.2) is 14.4 Å². The first-order valence-electron chi connectivity index (χ1n) is 13.8. The topological polar surface area (TPSA) is 84.4 Å². The van der Waals surface area contributed by atoms with E-state index in [0.29, 0.717) is 22.7 Å². The van der Waals surface area contributed by atoms with Gasteiger partial charge in [0.2, 0.25) is 0 Å². The molecule has 0 aliphatic carbocycles. The van der Waals surface area contributed by atoms with Crippen molar-refractivity contribution in [2.45, 2.75) is 13.0 Å². The molecule has 4 amide bonds. The number of benzene rings is 4. The summed E-state index contributed by atoms with van der Waals surface area (Å²) in [5.41, 5.74) is 5.32. The number of rotatable bonds is 3. The molecule has 0 radical (unpaired) electrons. The molecule has 0 spiro atoms. The lowest BCUT2D eigenvalue weighted by Gasteiger charge is -2.43. The lowest BCUT2D eigenvalue weighted by molar-refractivity contribution is -0.143. The van der Waals surface area contributed by atoms with E-state index in [1.165, 1.54) is 9.80 Å². The third-order valence-electron chi connectivity index (χ3n) is 7.73. The maximum absolute atomic E-state index is 14.3. The Labute approximate surface area is 244 Å². The second-order valence-electron chi connectivity index (χ2n) is 10.3. The van der Waals surface area contributed by atoms with Crippen molar-refractivity contribution in [2.75, 3.05) is 29.4 Å². The lowest BCUT2D eigenvalue weighted by atomic mass is 10.1. The van der Waals surface area contributed by atoms with Crippen LogP contribution in [0, 0.1) is 6.92 Å². The van der Waals surface area contributed by atoms with Gasteiger partial charge in [0.05, 0.1) is 29.3 Å². The fourth-order valence-electron chi connectivity index (χ4n) is 5.59. The highest BCUT2D eigenvalue weighted by Crippen LogP contribution is 2.38. The van der Waals surface area contributed by atoms with Crippen molar-refractivity contribution >= 4 is 52.9 Å². The number of fused-ring (bicyclic) bond motifs is 2. The minimum atomic E-state index is -1.24. The van der Waals surface area contributed by atoms with Gasteiger partial charge in [-0.15, -0.1) is 0 Å². The van der Waals surface area contributed by atoms with Gasteiger partial charge in [0.15, 0.2) is 0 Å². The molecule has 0 unspecified atom stereocenters. The smallest absolute Gasteiger partial charge is 0.330 e. The number of carboxylic acid groups (broad SMARTS) is 1. The number of nitrogens with zero attached hydrogens (tertiary/aromatic N) is 4. The number of para-hydroxylation sites is 4. The predicted molar refractivity (Wildman–Crippen MR) is 164 cm³/mol. The molecule has 8 nitrogen and oxygen atoms in total. The van der Waals surface area contributed by atoms with E-state index in [0.717, 1.165) is 16.7 Å². The van der Waals surface area contributed by atoms with Crippen molar-refractivity contribution in [2.24, 2.45) is 0 Å². The van der Waals surface area contributed by atoms with Gasteiger partial charge in [0.1, 0.15) is 6.04 Å². The van der Waals surface area contributed by atoms with Crippen molar-refractivity contribution in [3.63, 3.8) is 0 Å². The number of aliphatic carboxylic acids is 1. The Balaban J connectivity index is 1.33. The fourth-order valence-corrected chi connectivity index (χ4v) is 5.59. The molecule has 1 atom stereocenters. The molecule has 0 saturated carbocycles. The largest absolute Gasteiger partial charge is 0.480 e. The zero-order valence-corrected chi connectivity index (χ0v) is 23.1. The Bertz CT molecular complexity index is 1640. The van der Waals surface area contributed by atoms with Crippen molar-refractivity contribution in [3.8, 4) is 0 Å². The molecular weight excluding hydrogens is 528 g/mol. The maximum atomic E-state index is 14.3. The lowest BCUT2D eigenvalue weighted by Crippen LogP contribution is -2.62. The fraction of sp³-hybridized carbons (Fsp3) is 0.147. The first-order chi connectivity index (χ1) is 20.4. The molecule has 2 heterocycles. The van der Waals surface area contributed by atoms with E-state index in [9.17, 15) is 19.5 Å². The number of aryl methyl sites for hydroxylation is 1. The van der Waals surface area contributed by atoms with Crippen LogP contribution < -0.4 is 9.80 Å². The van der Waals surface area contributed by atoms with Gasteiger partial charge >= 0.3 is 18.0 Å². The summed E-state index contributed by atoms with van der Waals surface area (Å²) in [7, 11) is 0. The molecule has 1 saturated heterocycles. The van der Waals surface area contributed by atoms with Gasteiger partial charge in [-0.2, -0.15) is 0 Å². The highest BCUT2D eigenvalue weighted by molar-refractivity contribution is 6.07. The molecule has 0 bridgehead atoms. The van der Waals surface area contributed by atoms with Crippen molar-refractivity contribution < 1.29 is 19.5 Å². The zero-order valence-electron chi connectivity index (χ0n) is 23.1. The van der Waals surface area contributed by atoms with Gasteiger partial charge in [-0.3, -0.25) is 9.80 Å². The molecule has 42 heavy (non-hydrogen) atoms.